The largest absolute Gasteiger partial charge is 0.469 e. The molecule has 0 aliphatic carbocycles. The van der Waals surface area contributed by atoms with Gasteiger partial charge in [0.15, 0.2) is 0 Å². The molecule has 1 aliphatic rings. The smallest absolute Gasteiger partial charge is 0.305 e. The first-order chi connectivity index (χ1) is 11.5. The Hall–Kier alpha value is -1.73. The van der Waals surface area contributed by atoms with E-state index < -0.39 is 0 Å². The van der Waals surface area contributed by atoms with Crippen LogP contribution in [-0.4, -0.2) is 34.8 Å². The molecule has 1 aromatic carbocycles. The highest BCUT2D eigenvalue weighted by Gasteiger charge is 2.31. The number of thioether (sulfide) groups is 1. The summed E-state index contributed by atoms with van der Waals surface area (Å²) in [5.41, 5.74) is 0.371. The van der Waals surface area contributed by atoms with Gasteiger partial charge in [0.1, 0.15) is 10.1 Å². The SMILES string of the molecule is COC(=O)CCCCCN1C(=O)/C(=C/c2ccccc2F)SC1=S. The van der Waals surface area contributed by atoms with Crippen molar-refractivity contribution in [2.45, 2.75) is 25.7 Å². The molecule has 128 valence electrons. The molecule has 24 heavy (non-hydrogen) atoms. The van der Waals surface area contributed by atoms with Crippen molar-refractivity contribution in [3.63, 3.8) is 0 Å². The van der Waals surface area contributed by atoms with Crippen LogP contribution in [0.25, 0.3) is 6.08 Å². The summed E-state index contributed by atoms with van der Waals surface area (Å²) in [6.07, 6.45) is 4.18. The zero-order valence-electron chi connectivity index (χ0n) is 13.3. The predicted molar refractivity (Wildman–Crippen MR) is 96.8 cm³/mol. The molecule has 0 unspecified atom stereocenters. The van der Waals surface area contributed by atoms with Crippen molar-refractivity contribution in [1.82, 2.24) is 4.90 Å². The summed E-state index contributed by atoms with van der Waals surface area (Å²) < 4.78 is 18.8. The van der Waals surface area contributed by atoms with Crippen LogP contribution in [0, 0.1) is 5.82 Å². The molecule has 0 saturated carbocycles. The van der Waals surface area contributed by atoms with Crippen molar-refractivity contribution in [2.24, 2.45) is 0 Å². The van der Waals surface area contributed by atoms with Crippen LogP contribution in [0.2, 0.25) is 0 Å². The third-order valence-electron chi connectivity index (χ3n) is 3.56. The van der Waals surface area contributed by atoms with Gasteiger partial charge in [0.05, 0.1) is 12.0 Å². The Balaban J connectivity index is 1.90. The molecule has 0 bridgehead atoms. The van der Waals surface area contributed by atoms with E-state index in [-0.39, 0.29) is 17.7 Å². The highest BCUT2D eigenvalue weighted by molar-refractivity contribution is 8.26. The first-order valence-electron chi connectivity index (χ1n) is 7.59. The Bertz CT molecular complexity index is 676. The maximum Gasteiger partial charge on any atom is 0.305 e. The number of esters is 1. The summed E-state index contributed by atoms with van der Waals surface area (Å²) >= 11 is 6.43. The molecule has 0 N–H and O–H groups in total. The molecular formula is C17H18FNO3S2. The third-order valence-corrected chi connectivity index (χ3v) is 4.93. The molecule has 0 aromatic heterocycles. The van der Waals surface area contributed by atoms with Gasteiger partial charge in [0.25, 0.3) is 5.91 Å². The van der Waals surface area contributed by atoms with Gasteiger partial charge in [0.2, 0.25) is 0 Å². The van der Waals surface area contributed by atoms with Crippen molar-refractivity contribution in [3.05, 3.63) is 40.6 Å². The third kappa shape index (κ3) is 4.88. The van der Waals surface area contributed by atoms with Crippen LogP contribution in [-0.2, 0) is 14.3 Å². The second-order valence-corrected chi connectivity index (χ2v) is 6.92. The number of rotatable bonds is 7. The molecule has 1 saturated heterocycles. The second kappa shape index (κ2) is 8.94. The van der Waals surface area contributed by atoms with Crippen molar-refractivity contribution < 1.29 is 18.7 Å². The van der Waals surface area contributed by atoms with E-state index in [1.807, 2.05) is 0 Å². The van der Waals surface area contributed by atoms with Crippen LogP contribution in [0.15, 0.2) is 29.2 Å². The zero-order valence-corrected chi connectivity index (χ0v) is 14.9. The van der Waals surface area contributed by atoms with Crippen LogP contribution < -0.4 is 0 Å². The van der Waals surface area contributed by atoms with Gasteiger partial charge in [-0.3, -0.25) is 14.5 Å². The summed E-state index contributed by atoms with van der Waals surface area (Å²) in [5, 5.41) is 0. The molecule has 1 aromatic rings. The normalized spacial score (nSPS) is 16.1. The van der Waals surface area contributed by atoms with E-state index in [4.69, 9.17) is 12.2 Å². The number of thiocarbonyl (C=S) groups is 1. The standard InChI is InChI=1S/C17H18FNO3S2/c1-22-15(20)9-3-2-6-10-19-16(21)14(24-17(19)23)11-12-7-4-5-8-13(12)18/h4-5,7-8,11H,2-3,6,9-10H2,1H3/b14-11-. The lowest BCUT2D eigenvalue weighted by molar-refractivity contribution is -0.140. The number of nitrogens with zero attached hydrogens (tertiary/aromatic N) is 1. The highest BCUT2D eigenvalue weighted by atomic mass is 32.2. The van der Waals surface area contributed by atoms with Gasteiger partial charge in [-0.2, -0.15) is 0 Å². The number of hydrogen-bond donors (Lipinski definition) is 0. The summed E-state index contributed by atoms with van der Waals surface area (Å²) in [5.74, 6) is -0.791. The number of benzene rings is 1. The van der Waals surface area contributed by atoms with Crippen molar-refractivity contribution in [1.29, 1.82) is 0 Å². The van der Waals surface area contributed by atoms with E-state index in [0.29, 0.717) is 34.2 Å². The number of unbranched alkanes of at least 4 members (excludes halogenated alkanes) is 2. The molecule has 2 rings (SSSR count). The molecule has 1 aliphatic heterocycles. The Morgan fingerprint density at radius 3 is 2.79 bits per heavy atom. The number of methoxy groups -OCH3 is 1. The summed E-state index contributed by atoms with van der Waals surface area (Å²) in [7, 11) is 1.37. The number of carbonyl (C=O) groups excluding carboxylic acids is 2. The molecule has 0 spiro atoms. The van der Waals surface area contributed by atoms with E-state index in [2.05, 4.69) is 4.74 Å². The van der Waals surface area contributed by atoms with Gasteiger partial charge in [-0.15, -0.1) is 0 Å². The van der Waals surface area contributed by atoms with Crippen molar-refractivity contribution >= 4 is 46.3 Å². The number of hydrogen-bond acceptors (Lipinski definition) is 5. The van der Waals surface area contributed by atoms with E-state index >= 15 is 0 Å². The van der Waals surface area contributed by atoms with Crippen LogP contribution in [0.1, 0.15) is 31.2 Å². The fourth-order valence-corrected chi connectivity index (χ4v) is 3.54. The minimum atomic E-state index is -0.370. The predicted octanol–water partition coefficient (Wildman–Crippen LogP) is 3.76. The van der Waals surface area contributed by atoms with Crippen LogP contribution in [0.3, 0.4) is 0 Å². The summed E-state index contributed by atoms with van der Waals surface area (Å²) in [6.45, 7) is 0.500. The average molecular weight is 367 g/mol. The lowest BCUT2D eigenvalue weighted by atomic mass is 10.2. The van der Waals surface area contributed by atoms with Gasteiger partial charge in [-0.1, -0.05) is 48.6 Å². The Labute approximate surface area is 150 Å². The monoisotopic (exact) mass is 367 g/mol. The summed E-state index contributed by atoms with van der Waals surface area (Å²) in [6, 6.07) is 6.30. The Morgan fingerprint density at radius 2 is 2.08 bits per heavy atom. The quantitative estimate of drug-likeness (QED) is 0.318. The molecule has 0 atom stereocenters. The summed E-state index contributed by atoms with van der Waals surface area (Å²) in [4.78, 5) is 25.4. The maximum atomic E-state index is 13.7. The van der Waals surface area contributed by atoms with E-state index in [1.54, 1.807) is 18.2 Å². The molecule has 7 heteroatoms. The minimum absolute atomic E-state index is 0.193. The van der Waals surface area contributed by atoms with Gasteiger partial charge in [0, 0.05) is 18.5 Å². The molecule has 0 radical (unpaired) electrons. The second-order valence-electron chi connectivity index (χ2n) is 5.24. The minimum Gasteiger partial charge on any atom is -0.469 e. The van der Waals surface area contributed by atoms with Crippen LogP contribution in [0.4, 0.5) is 4.39 Å². The highest BCUT2D eigenvalue weighted by Crippen LogP contribution is 2.33. The van der Waals surface area contributed by atoms with Crippen LogP contribution in [0.5, 0.6) is 0 Å². The zero-order chi connectivity index (χ0) is 17.5. The molecular weight excluding hydrogens is 349 g/mol. The van der Waals surface area contributed by atoms with Crippen LogP contribution >= 0.6 is 24.0 Å². The molecule has 1 amide bonds. The molecule has 4 nitrogen and oxygen atoms in total. The number of ether oxygens (including phenoxy) is 1. The first-order valence-corrected chi connectivity index (χ1v) is 8.82. The van der Waals surface area contributed by atoms with Crippen molar-refractivity contribution in [2.75, 3.05) is 13.7 Å². The van der Waals surface area contributed by atoms with Gasteiger partial charge in [-0.05, 0) is 25.0 Å². The number of halogens is 1. The van der Waals surface area contributed by atoms with E-state index in [1.165, 1.54) is 35.9 Å². The van der Waals surface area contributed by atoms with E-state index in [9.17, 15) is 14.0 Å². The topological polar surface area (TPSA) is 46.6 Å². The molecule has 1 fully saturated rings. The Kier molecular flexibility index (Phi) is 6.93. The fourth-order valence-electron chi connectivity index (χ4n) is 2.24. The fraction of sp³-hybridized carbons (Fsp3) is 0.353. The number of amides is 1. The van der Waals surface area contributed by atoms with Gasteiger partial charge < -0.3 is 4.74 Å². The maximum absolute atomic E-state index is 13.7. The Morgan fingerprint density at radius 1 is 1.33 bits per heavy atom. The van der Waals surface area contributed by atoms with Gasteiger partial charge in [-0.25, -0.2) is 4.39 Å². The lowest BCUT2D eigenvalue weighted by Crippen LogP contribution is -2.29. The first kappa shape index (κ1) is 18.6. The lowest BCUT2D eigenvalue weighted by Gasteiger charge is -2.13. The molecule has 1 heterocycles. The number of carbonyl (C=O) groups is 2. The van der Waals surface area contributed by atoms with Crippen molar-refractivity contribution in [3.8, 4) is 0 Å². The van der Waals surface area contributed by atoms with E-state index in [0.717, 1.165) is 12.8 Å². The van der Waals surface area contributed by atoms with Gasteiger partial charge >= 0.3 is 5.97 Å². The average Bonchev–Trinajstić information content (AvgIpc) is 2.83.